The van der Waals surface area contributed by atoms with Crippen LogP contribution in [0.1, 0.15) is 22.4 Å². The topological polar surface area (TPSA) is 67.2 Å². The highest BCUT2D eigenvalue weighted by Crippen LogP contribution is 2.26. The third-order valence-corrected chi connectivity index (χ3v) is 4.49. The number of hydrogen-bond donors (Lipinski definition) is 2. The van der Waals surface area contributed by atoms with Gasteiger partial charge in [0.2, 0.25) is 5.91 Å². The fourth-order valence-corrected chi connectivity index (χ4v) is 3.02. The van der Waals surface area contributed by atoms with E-state index in [2.05, 4.69) is 10.3 Å². The van der Waals surface area contributed by atoms with Gasteiger partial charge in [0.05, 0.1) is 0 Å². The van der Waals surface area contributed by atoms with Gasteiger partial charge in [-0.1, -0.05) is 18.2 Å². The molecular formula is C17H17N3O2S. The summed E-state index contributed by atoms with van der Waals surface area (Å²) in [6.45, 7) is 2.08. The fraction of sp³-hybridized carbons (Fsp3) is 0.176. The number of carbonyl (C=O) groups is 1. The minimum atomic E-state index is -0.631. The summed E-state index contributed by atoms with van der Waals surface area (Å²) in [5, 5.41) is 15.0. The van der Waals surface area contributed by atoms with Gasteiger partial charge in [0, 0.05) is 23.0 Å². The second kappa shape index (κ2) is 6.76. The molecule has 0 spiro atoms. The Morgan fingerprint density at radius 1 is 1.35 bits per heavy atom. The quantitative estimate of drug-likeness (QED) is 0.757. The van der Waals surface area contributed by atoms with Crippen molar-refractivity contribution >= 4 is 22.9 Å². The Morgan fingerprint density at radius 2 is 2.13 bits per heavy atom. The maximum Gasteiger partial charge on any atom is 0.244 e. The van der Waals surface area contributed by atoms with E-state index in [-0.39, 0.29) is 12.5 Å². The highest BCUT2D eigenvalue weighted by Gasteiger charge is 2.11. The number of imidazole rings is 1. The maximum atomic E-state index is 12.0. The molecule has 0 aliphatic carbocycles. The molecule has 0 fully saturated rings. The predicted octanol–water partition coefficient (Wildman–Crippen LogP) is 2.97. The number of aliphatic hydroxyl groups is 1. The molecule has 118 valence electrons. The highest BCUT2D eigenvalue weighted by atomic mass is 32.1. The zero-order valence-corrected chi connectivity index (χ0v) is 13.5. The van der Waals surface area contributed by atoms with Crippen molar-refractivity contribution in [2.24, 2.45) is 0 Å². The average Bonchev–Trinajstić information content (AvgIpc) is 3.20. The zero-order chi connectivity index (χ0) is 16.2. The number of aromatic nitrogens is 2. The van der Waals surface area contributed by atoms with Gasteiger partial charge in [-0.05, 0) is 36.1 Å². The molecule has 3 aromatic rings. The summed E-state index contributed by atoms with van der Waals surface area (Å²) in [5.74, 6) is 0.687. The van der Waals surface area contributed by atoms with Gasteiger partial charge in [-0.25, -0.2) is 4.98 Å². The minimum Gasteiger partial charge on any atom is -0.383 e. The molecule has 0 saturated heterocycles. The van der Waals surface area contributed by atoms with Crippen LogP contribution < -0.4 is 5.32 Å². The number of hydrogen-bond acceptors (Lipinski definition) is 4. The van der Waals surface area contributed by atoms with Crippen LogP contribution in [0.15, 0.2) is 54.2 Å². The van der Waals surface area contributed by atoms with Crippen LogP contribution in [0.4, 0.5) is 5.69 Å². The van der Waals surface area contributed by atoms with E-state index in [0.717, 1.165) is 16.3 Å². The monoisotopic (exact) mass is 327 g/mol. The number of nitrogens with zero attached hydrogens (tertiary/aromatic N) is 2. The number of nitrogens with one attached hydrogen (secondary N) is 1. The lowest BCUT2D eigenvalue weighted by Crippen LogP contribution is -2.19. The molecule has 1 atom stereocenters. The number of anilines is 1. The fourth-order valence-electron chi connectivity index (χ4n) is 2.29. The Labute approximate surface area is 138 Å². The van der Waals surface area contributed by atoms with Crippen molar-refractivity contribution in [1.29, 1.82) is 0 Å². The Morgan fingerprint density at radius 3 is 2.74 bits per heavy atom. The van der Waals surface area contributed by atoms with Crippen LogP contribution in [-0.2, 0) is 11.3 Å². The van der Waals surface area contributed by atoms with Gasteiger partial charge in [-0.15, -0.1) is 11.3 Å². The van der Waals surface area contributed by atoms with Crippen molar-refractivity contribution in [3.63, 3.8) is 0 Å². The van der Waals surface area contributed by atoms with E-state index < -0.39 is 6.10 Å². The second-order valence-corrected chi connectivity index (χ2v) is 6.17. The smallest absolute Gasteiger partial charge is 0.244 e. The highest BCUT2D eigenvalue weighted by molar-refractivity contribution is 7.10. The number of rotatable bonds is 5. The summed E-state index contributed by atoms with van der Waals surface area (Å²) < 4.78 is 1.78. The van der Waals surface area contributed by atoms with Crippen molar-refractivity contribution in [2.75, 3.05) is 5.32 Å². The van der Waals surface area contributed by atoms with Gasteiger partial charge >= 0.3 is 0 Å². The Balaban J connectivity index is 1.63. The SMILES string of the molecule is Cc1nccn1CC(=O)Nc1ccc(C(O)c2cccs2)cc1. The summed E-state index contributed by atoms with van der Waals surface area (Å²) in [6, 6.07) is 11.1. The number of thiophene rings is 1. The van der Waals surface area contributed by atoms with Crippen LogP contribution in [0.5, 0.6) is 0 Å². The number of carbonyl (C=O) groups excluding carboxylic acids is 1. The minimum absolute atomic E-state index is 0.113. The third-order valence-electron chi connectivity index (χ3n) is 3.56. The molecule has 1 unspecified atom stereocenters. The van der Waals surface area contributed by atoms with Crippen molar-refractivity contribution < 1.29 is 9.90 Å². The van der Waals surface area contributed by atoms with Crippen molar-refractivity contribution in [3.8, 4) is 0 Å². The molecule has 5 nitrogen and oxygen atoms in total. The molecule has 1 aromatic carbocycles. The average molecular weight is 327 g/mol. The van der Waals surface area contributed by atoms with E-state index in [4.69, 9.17) is 0 Å². The lowest BCUT2D eigenvalue weighted by atomic mass is 10.1. The summed E-state index contributed by atoms with van der Waals surface area (Å²) >= 11 is 1.52. The number of aliphatic hydroxyl groups excluding tert-OH is 1. The normalized spacial score (nSPS) is 12.1. The first-order chi connectivity index (χ1) is 11.1. The second-order valence-electron chi connectivity index (χ2n) is 5.19. The maximum absolute atomic E-state index is 12.0. The summed E-state index contributed by atoms with van der Waals surface area (Å²) in [7, 11) is 0. The molecule has 6 heteroatoms. The van der Waals surface area contributed by atoms with Crippen LogP contribution >= 0.6 is 11.3 Å². The molecule has 3 rings (SSSR count). The third kappa shape index (κ3) is 3.67. The Hall–Kier alpha value is -2.44. The molecule has 0 radical (unpaired) electrons. The van der Waals surface area contributed by atoms with Gasteiger partial charge < -0.3 is 15.0 Å². The first kappa shape index (κ1) is 15.5. The van der Waals surface area contributed by atoms with Crippen LogP contribution in [0.3, 0.4) is 0 Å². The van der Waals surface area contributed by atoms with Gasteiger partial charge in [-0.2, -0.15) is 0 Å². The Bertz CT molecular complexity index is 779. The van der Waals surface area contributed by atoms with Crippen molar-refractivity contribution in [3.05, 3.63) is 70.4 Å². The molecular weight excluding hydrogens is 310 g/mol. The standard InChI is InChI=1S/C17H17N3O2S/c1-12-18-8-9-20(12)11-16(21)19-14-6-4-13(5-7-14)17(22)15-3-2-10-23-15/h2-10,17,22H,11H2,1H3,(H,19,21). The summed E-state index contributed by atoms with van der Waals surface area (Å²) in [5.41, 5.74) is 1.51. The lowest BCUT2D eigenvalue weighted by molar-refractivity contribution is -0.116. The number of benzene rings is 1. The molecule has 0 aliphatic rings. The molecule has 2 heterocycles. The first-order valence-electron chi connectivity index (χ1n) is 7.22. The largest absolute Gasteiger partial charge is 0.383 e. The van der Waals surface area contributed by atoms with Gasteiger partial charge in [-0.3, -0.25) is 4.79 Å². The van der Waals surface area contributed by atoms with Gasteiger partial charge in [0.1, 0.15) is 18.5 Å². The van der Waals surface area contributed by atoms with E-state index >= 15 is 0 Å². The van der Waals surface area contributed by atoms with E-state index in [0.29, 0.717) is 5.69 Å². The molecule has 2 N–H and O–H groups in total. The predicted molar refractivity (Wildman–Crippen MR) is 90.4 cm³/mol. The van der Waals surface area contributed by atoms with Crippen molar-refractivity contribution in [1.82, 2.24) is 9.55 Å². The van der Waals surface area contributed by atoms with Gasteiger partial charge in [0.15, 0.2) is 0 Å². The first-order valence-corrected chi connectivity index (χ1v) is 8.10. The zero-order valence-electron chi connectivity index (χ0n) is 12.6. The van der Waals surface area contributed by atoms with Crippen LogP contribution in [-0.4, -0.2) is 20.6 Å². The lowest BCUT2D eigenvalue weighted by Gasteiger charge is -2.11. The van der Waals surface area contributed by atoms with Gasteiger partial charge in [0.25, 0.3) is 0 Å². The summed E-state index contributed by atoms with van der Waals surface area (Å²) in [4.78, 5) is 17.0. The summed E-state index contributed by atoms with van der Waals surface area (Å²) in [6.07, 6.45) is 2.81. The molecule has 0 saturated carbocycles. The van der Waals surface area contributed by atoms with E-state index in [9.17, 15) is 9.90 Å². The molecule has 0 aliphatic heterocycles. The molecule has 23 heavy (non-hydrogen) atoms. The molecule has 1 amide bonds. The number of aryl methyl sites for hydroxylation is 1. The molecule has 0 bridgehead atoms. The van der Waals surface area contributed by atoms with Crippen LogP contribution in [0.25, 0.3) is 0 Å². The van der Waals surface area contributed by atoms with Crippen LogP contribution in [0.2, 0.25) is 0 Å². The van der Waals surface area contributed by atoms with Crippen molar-refractivity contribution in [2.45, 2.75) is 19.6 Å². The van der Waals surface area contributed by atoms with E-state index in [1.54, 1.807) is 29.1 Å². The number of amides is 1. The van der Waals surface area contributed by atoms with E-state index in [1.807, 2.05) is 36.6 Å². The Kier molecular flexibility index (Phi) is 4.55. The van der Waals surface area contributed by atoms with E-state index in [1.165, 1.54) is 11.3 Å². The molecule has 2 aromatic heterocycles. The van der Waals surface area contributed by atoms with Crippen LogP contribution in [0, 0.1) is 6.92 Å².